The molecule has 3 N–H and O–H groups in total. The molecule has 0 aliphatic carbocycles. The van der Waals surface area contributed by atoms with Gasteiger partial charge < -0.3 is 20.6 Å². The molecule has 2 aliphatic rings. The van der Waals surface area contributed by atoms with Gasteiger partial charge in [0.2, 0.25) is 5.91 Å². The summed E-state index contributed by atoms with van der Waals surface area (Å²) in [7, 11) is 0. The summed E-state index contributed by atoms with van der Waals surface area (Å²) in [5.74, 6) is -0.789. The Morgan fingerprint density at radius 1 is 1.41 bits per heavy atom. The van der Waals surface area contributed by atoms with E-state index < -0.39 is 24.1 Å². The Balaban J connectivity index is 1.56. The minimum atomic E-state index is -1.21. The van der Waals surface area contributed by atoms with Crippen molar-refractivity contribution in [3.63, 3.8) is 0 Å². The Morgan fingerprint density at radius 2 is 2.22 bits per heavy atom. The maximum atomic E-state index is 12.5. The second-order valence-corrected chi connectivity index (χ2v) is 7.16. The molecular formula is C16H18BrN5O5. The third-order valence-electron chi connectivity index (χ3n) is 4.31. The van der Waals surface area contributed by atoms with Crippen LogP contribution >= 0.6 is 15.9 Å². The van der Waals surface area contributed by atoms with Crippen LogP contribution in [0, 0.1) is 0 Å². The van der Waals surface area contributed by atoms with Gasteiger partial charge in [0.25, 0.3) is 5.91 Å². The Labute approximate surface area is 163 Å². The van der Waals surface area contributed by atoms with Crippen molar-refractivity contribution >= 4 is 38.5 Å². The SMILES string of the molecule is O=C(NC1CC(C(=O)NCC2CC(Br)=NO2)N(C(=O)O)C1)c1cccnc1. The summed E-state index contributed by atoms with van der Waals surface area (Å²) in [6, 6.07) is 1.90. The van der Waals surface area contributed by atoms with Gasteiger partial charge >= 0.3 is 6.09 Å². The van der Waals surface area contributed by atoms with Crippen LogP contribution in [0.3, 0.4) is 0 Å². The fourth-order valence-corrected chi connectivity index (χ4v) is 3.45. The molecule has 1 fully saturated rings. The van der Waals surface area contributed by atoms with E-state index in [0.29, 0.717) is 16.6 Å². The third kappa shape index (κ3) is 4.73. The first-order valence-corrected chi connectivity index (χ1v) is 9.09. The second kappa shape index (κ2) is 8.33. The third-order valence-corrected chi connectivity index (χ3v) is 4.78. The van der Waals surface area contributed by atoms with Gasteiger partial charge in [-0.05, 0) is 34.5 Å². The first-order valence-electron chi connectivity index (χ1n) is 8.30. The maximum Gasteiger partial charge on any atom is 0.408 e. The number of amides is 3. The van der Waals surface area contributed by atoms with Gasteiger partial charge in [0.15, 0.2) is 6.10 Å². The van der Waals surface area contributed by atoms with Crippen molar-refractivity contribution in [2.24, 2.45) is 5.16 Å². The van der Waals surface area contributed by atoms with Gasteiger partial charge in [0.05, 0.1) is 12.1 Å². The monoisotopic (exact) mass is 439 g/mol. The highest BCUT2D eigenvalue weighted by Gasteiger charge is 2.40. The second-order valence-electron chi connectivity index (χ2n) is 6.24. The standard InChI is InChI=1S/C16H18BrN5O5/c17-13-5-11(27-21-13)7-19-15(24)12-4-10(8-22(12)16(25)26)20-14(23)9-2-1-3-18-6-9/h1-3,6,10-12H,4-5,7-8H2,(H,19,24)(H,20,23)(H,25,26). The number of rotatable bonds is 5. The zero-order valence-electron chi connectivity index (χ0n) is 14.2. The Hall–Kier alpha value is -2.69. The highest BCUT2D eigenvalue weighted by Crippen LogP contribution is 2.19. The van der Waals surface area contributed by atoms with Crippen LogP contribution in [0.15, 0.2) is 29.7 Å². The van der Waals surface area contributed by atoms with Crippen LogP contribution in [0.2, 0.25) is 0 Å². The fourth-order valence-electron chi connectivity index (χ4n) is 3.00. The van der Waals surface area contributed by atoms with E-state index in [4.69, 9.17) is 4.84 Å². The van der Waals surface area contributed by atoms with Crippen LogP contribution in [-0.2, 0) is 9.63 Å². The Bertz CT molecular complexity index is 759. The molecule has 11 heteroatoms. The van der Waals surface area contributed by atoms with Crippen molar-refractivity contribution in [3.05, 3.63) is 30.1 Å². The van der Waals surface area contributed by atoms with Crippen LogP contribution < -0.4 is 10.6 Å². The smallest absolute Gasteiger partial charge is 0.408 e. The number of halogens is 1. The van der Waals surface area contributed by atoms with Crippen LogP contribution in [0.25, 0.3) is 0 Å². The minimum Gasteiger partial charge on any atom is -0.465 e. The summed E-state index contributed by atoms with van der Waals surface area (Å²) in [5.41, 5.74) is 0.372. The fraction of sp³-hybridized carbons (Fsp3) is 0.438. The molecule has 1 aromatic rings. The number of nitrogens with zero attached hydrogens (tertiary/aromatic N) is 3. The number of hydrogen-bond donors (Lipinski definition) is 3. The largest absolute Gasteiger partial charge is 0.465 e. The van der Waals surface area contributed by atoms with E-state index in [1.165, 1.54) is 6.20 Å². The quantitative estimate of drug-likeness (QED) is 0.613. The molecule has 0 bridgehead atoms. The molecule has 0 aromatic carbocycles. The number of pyridine rings is 1. The predicted octanol–water partition coefficient (Wildman–Crippen LogP) is 0.546. The Morgan fingerprint density at radius 3 is 2.85 bits per heavy atom. The van der Waals surface area contributed by atoms with Gasteiger partial charge in [-0.2, -0.15) is 0 Å². The number of likely N-dealkylation sites (tertiary alicyclic amines) is 1. The number of carboxylic acid groups (broad SMARTS) is 1. The average molecular weight is 440 g/mol. The van der Waals surface area contributed by atoms with Crippen LogP contribution in [0.4, 0.5) is 4.79 Å². The van der Waals surface area contributed by atoms with Crippen molar-refractivity contribution in [1.29, 1.82) is 0 Å². The van der Waals surface area contributed by atoms with Crippen LogP contribution in [-0.4, -0.2) is 68.8 Å². The van der Waals surface area contributed by atoms with Crippen molar-refractivity contribution < 1.29 is 24.3 Å². The summed E-state index contributed by atoms with van der Waals surface area (Å²) in [6.07, 6.45) is 2.20. The first kappa shape index (κ1) is 19.1. The number of nitrogens with one attached hydrogen (secondary N) is 2. The average Bonchev–Trinajstić information content (AvgIpc) is 3.27. The lowest BCUT2D eigenvalue weighted by molar-refractivity contribution is -0.125. The number of carbonyl (C=O) groups excluding carboxylic acids is 2. The molecule has 10 nitrogen and oxygen atoms in total. The highest BCUT2D eigenvalue weighted by atomic mass is 79.9. The lowest BCUT2D eigenvalue weighted by atomic mass is 10.1. The van der Waals surface area contributed by atoms with Gasteiger partial charge in [-0.25, -0.2) is 4.79 Å². The number of carbonyl (C=O) groups is 3. The number of aromatic nitrogens is 1. The van der Waals surface area contributed by atoms with Gasteiger partial charge in [0.1, 0.15) is 10.7 Å². The molecule has 27 heavy (non-hydrogen) atoms. The molecule has 3 heterocycles. The van der Waals surface area contributed by atoms with Crippen molar-refractivity contribution in [3.8, 4) is 0 Å². The molecule has 1 saturated heterocycles. The predicted molar refractivity (Wildman–Crippen MR) is 97.5 cm³/mol. The molecular weight excluding hydrogens is 422 g/mol. The van der Waals surface area contributed by atoms with Gasteiger partial charge in [-0.3, -0.25) is 19.5 Å². The van der Waals surface area contributed by atoms with E-state index in [9.17, 15) is 19.5 Å². The molecule has 0 saturated carbocycles. The molecule has 144 valence electrons. The van der Waals surface area contributed by atoms with Crippen molar-refractivity contribution in [1.82, 2.24) is 20.5 Å². The summed E-state index contributed by atoms with van der Waals surface area (Å²) < 4.78 is 0.660. The van der Waals surface area contributed by atoms with Gasteiger partial charge in [-0.1, -0.05) is 5.16 Å². The molecule has 1 aromatic heterocycles. The summed E-state index contributed by atoms with van der Waals surface area (Å²) in [5, 5.41) is 18.6. The maximum absolute atomic E-state index is 12.5. The van der Waals surface area contributed by atoms with Crippen LogP contribution in [0.5, 0.6) is 0 Å². The normalized spacial score (nSPS) is 24.1. The van der Waals surface area contributed by atoms with E-state index >= 15 is 0 Å². The molecule has 3 unspecified atom stereocenters. The summed E-state index contributed by atoms with van der Waals surface area (Å²) >= 11 is 3.21. The highest BCUT2D eigenvalue weighted by molar-refractivity contribution is 9.18. The van der Waals surface area contributed by atoms with Gasteiger partial charge in [-0.15, -0.1) is 0 Å². The van der Waals surface area contributed by atoms with Crippen LogP contribution in [0.1, 0.15) is 23.2 Å². The lowest BCUT2D eigenvalue weighted by Crippen LogP contribution is -2.47. The lowest BCUT2D eigenvalue weighted by Gasteiger charge is -2.21. The number of hydrogen-bond acceptors (Lipinski definition) is 6. The van der Waals surface area contributed by atoms with E-state index in [1.807, 2.05) is 0 Å². The van der Waals surface area contributed by atoms with Crippen molar-refractivity contribution in [2.75, 3.05) is 13.1 Å². The topological polar surface area (TPSA) is 133 Å². The summed E-state index contributed by atoms with van der Waals surface area (Å²) in [4.78, 5) is 46.2. The Kier molecular flexibility index (Phi) is 5.89. The molecule has 0 radical (unpaired) electrons. The number of oxime groups is 1. The van der Waals surface area contributed by atoms with Gasteiger partial charge in [0, 0.05) is 31.4 Å². The molecule has 3 atom stereocenters. The zero-order chi connectivity index (χ0) is 19.4. The summed E-state index contributed by atoms with van der Waals surface area (Å²) in [6.45, 7) is 0.252. The van der Waals surface area contributed by atoms with E-state index in [-0.39, 0.29) is 31.5 Å². The molecule has 3 rings (SSSR count). The zero-order valence-corrected chi connectivity index (χ0v) is 15.8. The van der Waals surface area contributed by atoms with E-state index in [2.05, 4.69) is 36.7 Å². The van der Waals surface area contributed by atoms with Crippen molar-refractivity contribution in [2.45, 2.75) is 31.0 Å². The molecule has 3 amide bonds. The van der Waals surface area contributed by atoms with E-state index in [0.717, 1.165) is 4.90 Å². The molecule has 2 aliphatic heterocycles. The first-order chi connectivity index (χ1) is 12.9. The van der Waals surface area contributed by atoms with E-state index in [1.54, 1.807) is 18.3 Å². The molecule has 0 spiro atoms. The minimum absolute atomic E-state index is 0.0357.